The van der Waals surface area contributed by atoms with Crippen molar-refractivity contribution >= 4 is 39.5 Å². The molecule has 0 aromatic carbocycles. The molecule has 92 heavy (non-hydrogen) atoms. The fourth-order valence-electron chi connectivity index (χ4n) is 11.1. The van der Waals surface area contributed by atoms with Crippen LogP contribution in [-0.2, 0) is 65.4 Å². The number of phosphoric acid groups is 2. The van der Waals surface area contributed by atoms with Gasteiger partial charge in [-0.1, -0.05) is 324 Å². The third-order valence-electron chi connectivity index (χ3n) is 17.0. The van der Waals surface area contributed by atoms with Crippen molar-refractivity contribution in [3.05, 3.63) is 0 Å². The van der Waals surface area contributed by atoms with Gasteiger partial charge in [0.25, 0.3) is 0 Å². The van der Waals surface area contributed by atoms with Gasteiger partial charge in [0, 0.05) is 25.7 Å². The van der Waals surface area contributed by atoms with Crippen molar-refractivity contribution in [3.63, 3.8) is 0 Å². The number of aliphatic hydroxyl groups excluding tert-OH is 1. The molecular weight excluding hydrogens is 1210 g/mol. The van der Waals surface area contributed by atoms with Gasteiger partial charge in [-0.05, 0) is 37.5 Å². The highest BCUT2D eigenvalue weighted by molar-refractivity contribution is 7.47. The molecule has 5 atom stereocenters. The average molecular weight is 1350 g/mol. The van der Waals surface area contributed by atoms with Gasteiger partial charge in [0.05, 0.1) is 26.4 Å². The summed E-state index contributed by atoms with van der Waals surface area (Å²) in [6, 6.07) is 0. The molecule has 0 aromatic rings. The van der Waals surface area contributed by atoms with Crippen molar-refractivity contribution in [2.75, 3.05) is 39.6 Å². The van der Waals surface area contributed by atoms with Gasteiger partial charge in [-0.25, -0.2) is 9.13 Å². The van der Waals surface area contributed by atoms with Crippen molar-refractivity contribution in [2.45, 2.75) is 394 Å². The first kappa shape index (κ1) is 90.1. The Hall–Kier alpha value is -1.94. The van der Waals surface area contributed by atoms with E-state index in [0.29, 0.717) is 31.6 Å². The Morgan fingerprint density at radius 1 is 0.293 bits per heavy atom. The Labute approximate surface area is 562 Å². The molecule has 0 spiro atoms. The third-order valence-corrected chi connectivity index (χ3v) is 18.9. The summed E-state index contributed by atoms with van der Waals surface area (Å²) in [5, 5.41) is 10.6. The molecule has 0 heterocycles. The molecule has 0 amide bonds. The van der Waals surface area contributed by atoms with E-state index in [1.807, 2.05) is 0 Å². The molecule has 0 aliphatic carbocycles. The molecule has 0 radical (unpaired) electrons. The van der Waals surface area contributed by atoms with E-state index in [-0.39, 0.29) is 25.7 Å². The monoisotopic (exact) mass is 1350 g/mol. The summed E-state index contributed by atoms with van der Waals surface area (Å²) in [5.74, 6) is -0.678. The van der Waals surface area contributed by atoms with Crippen molar-refractivity contribution in [1.29, 1.82) is 0 Å². The minimum atomic E-state index is -4.95. The molecular formula is C73H142O17P2. The molecule has 0 rings (SSSR count). The highest BCUT2D eigenvalue weighted by Gasteiger charge is 2.30. The van der Waals surface area contributed by atoms with E-state index in [1.54, 1.807) is 0 Å². The highest BCUT2D eigenvalue weighted by Crippen LogP contribution is 2.45. The van der Waals surface area contributed by atoms with Crippen LogP contribution in [0.5, 0.6) is 0 Å². The zero-order chi connectivity index (χ0) is 67.9. The maximum Gasteiger partial charge on any atom is 0.472 e. The van der Waals surface area contributed by atoms with Crippen LogP contribution in [0.25, 0.3) is 0 Å². The van der Waals surface area contributed by atoms with Crippen LogP contribution in [-0.4, -0.2) is 96.7 Å². The quantitative estimate of drug-likeness (QED) is 0.0222. The molecule has 0 aromatic heterocycles. The first-order chi connectivity index (χ1) is 44.4. The standard InChI is InChI=1S/C73H142O17P2/c1-7-9-11-13-15-17-19-21-23-25-27-31-37-43-49-55-70(75)83-61-68(89-72(77)57-51-45-38-32-28-26-24-22-20-18-16-14-12-10-8-2)63-87-91(79,80)85-59-67(74)60-86-92(81,82)88-64-69(62-84-71(76)56-50-44-40-34-36-42-48-54-66(5)6)90-73(78)58-52-46-39-33-29-30-35-41-47-53-65(3)4/h65-69,74H,7-64H2,1-6H3,(H,79,80)(H,81,82)/t67-,68-,69-/m1/s1. The van der Waals surface area contributed by atoms with Crippen LogP contribution in [0, 0.1) is 11.8 Å². The zero-order valence-corrected chi connectivity index (χ0v) is 61.6. The molecule has 17 nitrogen and oxygen atoms in total. The molecule has 2 unspecified atom stereocenters. The molecule has 3 N–H and O–H groups in total. The van der Waals surface area contributed by atoms with Crippen molar-refractivity contribution in [3.8, 4) is 0 Å². The van der Waals surface area contributed by atoms with Gasteiger partial charge in [0.15, 0.2) is 12.2 Å². The number of hydrogen-bond acceptors (Lipinski definition) is 15. The van der Waals surface area contributed by atoms with Gasteiger partial charge in [0.1, 0.15) is 19.3 Å². The Morgan fingerprint density at radius 3 is 0.739 bits per heavy atom. The van der Waals surface area contributed by atoms with E-state index in [4.69, 9.17) is 37.0 Å². The van der Waals surface area contributed by atoms with E-state index >= 15 is 0 Å². The lowest BCUT2D eigenvalue weighted by Gasteiger charge is -2.21. The largest absolute Gasteiger partial charge is 0.472 e. The number of phosphoric ester groups is 2. The molecule has 0 fully saturated rings. The molecule has 0 aliphatic rings. The second-order valence-electron chi connectivity index (χ2n) is 27.3. The summed E-state index contributed by atoms with van der Waals surface area (Å²) >= 11 is 0. The number of unbranched alkanes of at least 4 members (excludes halogenated alkanes) is 42. The number of rotatable bonds is 72. The normalized spacial score (nSPS) is 14.1. The van der Waals surface area contributed by atoms with Gasteiger partial charge >= 0.3 is 39.5 Å². The first-order valence-electron chi connectivity index (χ1n) is 38.0. The van der Waals surface area contributed by atoms with E-state index in [1.165, 1.54) is 186 Å². The summed E-state index contributed by atoms with van der Waals surface area (Å²) in [6.45, 7) is 9.50. The molecule has 546 valence electrons. The fraction of sp³-hybridized carbons (Fsp3) is 0.945. The predicted molar refractivity (Wildman–Crippen MR) is 372 cm³/mol. The number of aliphatic hydroxyl groups is 1. The van der Waals surface area contributed by atoms with Crippen molar-refractivity contribution < 1.29 is 80.2 Å². The number of esters is 4. The molecule has 0 saturated heterocycles. The Balaban J connectivity index is 5.25. The minimum absolute atomic E-state index is 0.105. The van der Waals surface area contributed by atoms with Crippen molar-refractivity contribution in [1.82, 2.24) is 0 Å². The van der Waals surface area contributed by atoms with Crippen LogP contribution in [0.3, 0.4) is 0 Å². The summed E-state index contributed by atoms with van der Waals surface area (Å²) in [4.78, 5) is 72.7. The lowest BCUT2D eigenvalue weighted by Crippen LogP contribution is -2.30. The van der Waals surface area contributed by atoms with Crippen LogP contribution >= 0.6 is 15.6 Å². The van der Waals surface area contributed by atoms with Crippen LogP contribution < -0.4 is 0 Å². The summed E-state index contributed by atoms with van der Waals surface area (Å²) < 4.78 is 68.4. The zero-order valence-electron chi connectivity index (χ0n) is 59.9. The smallest absolute Gasteiger partial charge is 0.462 e. The van der Waals surface area contributed by atoms with Crippen LogP contribution in [0.2, 0.25) is 0 Å². The number of carbonyl (C=O) groups excluding carboxylic acids is 4. The maximum absolute atomic E-state index is 13.1. The van der Waals surface area contributed by atoms with E-state index in [2.05, 4.69) is 41.5 Å². The number of hydrogen-bond donors (Lipinski definition) is 3. The van der Waals surface area contributed by atoms with E-state index in [9.17, 15) is 43.2 Å². The van der Waals surface area contributed by atoms with Gasteiger partial charge in [-0.2, -0.15) is 0 Å². The summed E-state index contributed by atoms with van der Waals surface area (Å²) in [7, 11) is -9.91. The third kappa shape index (κ3) is 66.7. The Morgan fingerprint density at radius 2 is 0.500 bits per heavy atom. The average Bonchev–Trinajstić information content (AvgIpc) is 1.80. The van der Waals surface area contributed by atoms with Crippen LogP contribution in [0.4, 0.5) is 0 Å². The second kappa shape index (κ2) is 65.0. The summed E-state index contributed by atoms with van der Waals surface area (Å²) in [6.07, 6.45) is 51.4. The molecule has 0 aliphatic heterocycles. The van der Waals surface area contributed by atoms with Crippen LogP contribution in [0.1, 0.15) is 375 Å². The van der Waals surface area contributed by atoms with Gasteiger partial charge in [-0.3, -0.25) is 37.3 Å². The molecule has 0 saturated carbocycles. The van der Waals surface area contributed by atoms with Gasteiger partial charge in [0.2, 0.25) is 0 Å². The second-order valence-corrected chi connectivity index (χ2v) is 30.2. The van der Waals surface area contributed by atoms with E-state index < -0.39 is 97.5 Å². The lowest BCUT2D eigenvalue weighted by molar-refractivity contribution is -0.161. The van der Waals surface area contributed by atoms with Crippen LogP contribution in [0.15, 0.2) is 0 Å². The van der Waals surface area contributed by atoms with Crippen molar-refractivity contribution in [2.24, 2.45) is 11.8 Å². The fourth-order valence-corrected chi connectivity index (χ4v) is 12.7. The minimum Gasteiger partial charge on any atom is -0.462 e. The molecule has 19 heteroatoms. The number of carbonyl (C=O) groups is 4. The Bertz CT molecular complexity index is 1790. The topological polar surface area (TPSA) is 237 Å². The van der Waals surface area contributed by atoms with E-state index in [0.717, 1.165) is 102 Å². The summed E-state index contributed by atoms with van der Waals surface area (Å²) in [5.41, 5.74) is 0. The maximum atomic E-state index is 13.1. The lowest BCUT2D eigenvalue weighted by atomic mass is 10.0. The number of ether oxygens (including phenoxy) is 4. The SMILES string of the molecule is CCCCCCCCCCCCCCCCCC(=O)OC[C@H](COP(=O)(O)OC[C@@H](O)COP(=O)(O)OC[C@@H](COC(=O)CCCCCCCCCC(C)C)OC(=O)CCCCCCCCCCCC(C)C)OC(=O)CCCCCCCCCCCCCCCCC. The first-order valence-corrected chi connectivity index (χ1v) is 41.0. The Kier molecular flexibility index (Phi) is 63.7. The van der Waals surface area contributed by atoms with Gasteiger partial charge < -0.3 is 33.8 Å². The van der Waals surface area contributed by atoms with Gasteiger partial charge in [-0.15, -0.1) is 0 Å². The molecule has 0 bridgehead atoms. The predicted octanol–water partition coefficient (Wildman–Crippen LogP) is 21.2. The highest BCUT2D eigenvalue weighted by atomic mass is 31.2.